The van der Waals surface area contributed by atoms with E-state index in [0.717, 1.165) is 24.5 Å². The lowest BCUT2D eigenvalue weighted by Crippen LogP contribution is -2.41. The fourth-order valence-corrected chi connectivity index (χ4v) is 2.60. The Bertz CT molecular complexity index is 629. The molecule has 1 heterocycles. The highest BCUT2D eigenvalue weighted by molar-refractivity contribution is 5.97. The second-order valence-corrected chi connectivity index (χ2v) is 6.15. The van der Waals surface area contributed by atoms with Crippen molar-refractivity contribution in [2.45, 2.75) is 32.6 Å². The Balaban J connectivity index is 1.83. The molecule has 0 atom stereocenters. The van der Waals surface area contributed by atoms with Crippen LogP contribution in [0.15, 0.2) is 36.0 Å². The van der Waals surface area contributed by atoms with Crippen LogP contribution in [0.25, 0.3) is 0 Å². The van der Waals surface area contributed by atoms with E-state index in [1.807, 2.05) is 30.3 Å². The van der Waals surface area contributed by atoms with Crippen LogP contribution in [0.4, 0.5) is 5.69 Å². The Morgan fingerprint density at radius 1 is 1.27 bits per heavy atom. The maximum Gasteiger partial charge on any atom is 0.266 e. The molecule has 1 aliphatic heterocycles. The van der Waals surface area contributed by atoms with Crippen LogP contribution >= 0.6 is 0 Å². The molecule has 1 aromatic carbocycles. The molecule has 1 fully saturated rings. The molecule has 0 aliphatic carbocycles. The SMILES string of the molecule is CCCCCCOc1ccc(N/C=C(/C#N)C(=O)N2CCOCC2)cc1. The molecule has 140 valence electrons. The summed E-state index contributed by atoms with van der Waals surface area (Å²) in [6.45, 7) is 4.96. The normalized spacial score (nSPS) is 14.6. The van der Waals surface area contributed by atoms with Crippen molar-refractivity contribution in [1.82, 2.24) is 4.90 Å². The van der Waals surface area contributed by atoms with Crippen molar-refractivity contribution in [3.8, 4) is 11.8 Å². The van der Waals surface area contributed by atoms with Crippen molar-refractivity contribution >= 4 is 11.6 Å². The quantitative estimate of drug-likeness (QED) is 0.417. The molecule has 1 saturated heterocycles. The van der Waals surface area contributed by atoms with Crippen molar-refractivity contribution in [2.75, 3.05) is 38.2 Å². The van der Waals surface area contributed by atoms with Gasteiger partial charge in [0.2, 0.25) is 0 Å². The summed E-state index contributed by atoms with van der Waals surface area (Å²) in [5.41, 5.74) is 0.883. The fraction of sp³-hybridized carbons (Fsp3) is 0.500. The fourth-order valence-electron chi connectivity index (χ4n) is 2.60. The molecule has 0 bridgehead atoms. The number of anilines is 1. The van der Waals surface area contributed by atoms with Crippen LogP contribution in [0, 0.1) is 11.3 Å². The summed E-state index contributed by atoms with van der Waals surface area (Å²) in [5, 5.41) is 12.3. The highest BCUT2D eigenvalue weighted by atomic mass is 16.5. The number of nitrogens with zero attached hydrogens (tertiary/aromatic N) is 2. The highest BCUT2D eigenvalue weighted by Crippen LogP contribution is 2.17. The van der Waals surface area contributed by atoms with Crippen LogP contribution in [-0.2, 0) is 9.53 Å². The number of nitriles is 1. The number of benzene rings is 1. The number of hydrogen-bond acceptors (Lipinski definition) is 5. The van der Waals surface area contributed by atoms with Gasteiger partial charge in [-0.15, -0.1) is 0 Å². The van der Waals surface area contributed by atoms with Crippen LogP contribution < -0.4 is 10.1 Å². The van der Waals surface area contributed by atoms with Gasteiger partial charge in [0, 0.05) is 25.0 Å². The Morgan fingerprint density at radius 3 is 2.65 bits per heavy atom. The van der Waals surface area contributed by atoms with Gasteiger partial charge in [0.15, 0.2) is 0 Å². The van der Waals surface area contributed by atoms with Gasteiger partial charge < -0.3 is 19.7 Å². The molecule has 0 unspecified atom stereocenters. The van der Waals surface area contributed by atoms with Gasteiger partial charge in [0.05, 0.1) is 19.8 Å². The molecule has 1 amide bonds. The Kier molecular flexibility index (Phi) is 8.50. The number of carbonyl (C=O) groups is 1. The van der Waals surface area contributed by atoms with Crippen LogP contribution in [0.5, 0.6) is 5.75 Å². The summed E-state index contributed by atoms with van der Waals surface area (Å²) < 4.78 is 10.9. The van der Waals surface area contributed by atoms with E-state index in [4.69, 9.17) is 9.47 Å². The van der Waals surface area contributed by atoms with E-state index in [1.54, 1.807) is 4.90 Å². The zero-order chi connectivity index (χ0) is 18.6. The predicted octanol–water partition coefficient (Wildman–Crippen LogP) is 3.32. The zero-order valence-corrected chi connectivity index (χ0v) is 15.4. The van der Waals surface area contributed by atoms with Crippen molar-refractivity contribution in [3.63, 3.8) is 0 Å². The van der Waals surface area contributed by atoms with Gasteiger partial charge in [-0.3, -0.25) is 4.79 Å². The molecule has 6 nitrogen and oxygen atoms in total. The standard InChI is InChI=1S/C20H27N3O3/c1-2-3-4-5-12-26-19-8-6-18(7-9-19)22-16-17(15-21)20(24)23-10-13-25-14-11-23/h6-9,16,22H,2-5,10-14H2,1H3/b17-16-. The van der Waals surface area contributed by atoms with E-state index in [1.165, 1.54) is 25.5 Å². The minimum absolute atomic E-state index is 0.0863. The molecule has 1 aromatic rings. The van der Waals surface area contributed by atoms with Crippen molar-refractivity contribution in [2.24, 2.45) is 0 Å². The van der Waals surface area contributed by atoms with Crippen LogP contribution in [0.1, 0.15) is 32.6 Å². The molecule has 2 rings (SSSR count). The number of unbranched alkanes of at least 4 members (excludes halogenated alkanes) is 3. The zero-order valence-electron chi connectivity index (χ0n) is 15.4. The number of carbonyl (C=O) groups excluding carboxylic acids is 1. The number of amides is 1. The lowest BCUT2D eigenvalue weighted by molar-refractivity contribution is -0.130. The topological polar surface area (TPSA) is 74.6 Å². The lowest BCUT2D eigenvalue weighted by Gasteiger charge is -2.26. The van der Waals surface area contributed by atoms with E-state index < -0.39 is 0 Å². The molecule has 0 spiro atoms. The first kappa shape index (κ1) is 19.8. The van der Waals surface area contributed by atoms with Crippen LogP contribution in [-0.4, -0.2) is 43.7 Å². The van der Waals surface area contributed by atoms with E-state index in [9.17, 15) is 10.1 Å². The van der Waals surface area contributed by atoms with Gasteiger partial charge in [-0.2, -0.15) is 5.26 Å². The molecule has 1 N–H and O–H groups in total. The molecule has 0 saturated carbocycles. The third kappa shape index (κ3) is 6.41. The second-order valence-electron chi connectivity index (χ2n) is 6.15. The van der Waals surface area contributed by atoms with Gasteiger partial charge >= 0.3 is 0 Å². The van der Waals surface area contributed by atoms with Crippen LogP contribution in [0.2, 0.25) is 0 Å². The van der Waals surface area contributed by atoms with E-state index >= 15 is 0 Å². The maximum atomic E-state index is 12.3. The first-order valence-corrected chi connectivity index (χ1v) is 9.21. The average molecular weight is 357 g/mol. The molecule has 6 heteroatoms. The van der Waals surface area contributed by atoms with Gasteiger partial charge in [-0.05, 0) is 30.7 Å². The Hall–Kier alpha value is -2.52. The molecule has 1 aliphatic rings. The number of nitrogens with one attached hydrogen (secondary N) is 1. The molecule has 0 radical (unpaired) electrons. The molecule has 0 aromatic heterocycles. The minimum atomic E-state index is -0.268. The first-order valence-electron chi connectivity index (χ1n) is 9.21. The number of hydrogen-bond donors (Lipinski definition) is 1. The summed E-state index contributed by atoms with van der Waals surface area (Å²) in [6.07, 6.45) is 6.16. The first-order chi connectivity index (χ1) is 12.7. The number of rotatable bonds is 9. The Labute approximate surface area is 155 Å². The Morgan fingerprint density at radius 2 is 2.00 bits per heavy atom. The third-order valence-electron chi connectivity index (χ3n) is 4.15. The summed E-state index contributed by atoms with van der Waals surface area (Å²) in [7, 11) is 0. The van der Waals surface area contributed by atoms with Crippen molar-refractivity contribution in [1.29, 1.82) is 5.26 Å². The number of ether oxygens (including phenoxy) is 2. The van der Waals surface area contributed by atoms with E-state index in [-0.39, 0.29) is 11.5 Å². The minimum Gasteiger partial charge on any atom is -0.494 e. The average Bonchev–Trinajstić information content (AvgIpc) is 2.70. The van der Waals surface area contributed by atoms with Crippen molar-refractivity contribution < 1.29 is 14.3 Å². The number of morpholine rings is 1. The van der Waals surface area contributed by atoms with Gasteiger partial charge in [0.1, 0.15) is 17.4 Å². The predicted molar refractivity (Wildman–Crippen MR) is 101 cm³/mol. The molecular formula is C20H27N3O3. The highest BCUT2D eigenvalue weighted by Gasteiger charge is 2.20. The molecule has 26 heavy (non-hydrogen) atoms. The van der Waals surface area contributed by atoms with Gasteiger partial charge in [0.25, 0.3) is 5.91 Å². The summed E-state index contributed by atoms with van der Waals surface area (Å²) in [5.74, 6) is 0.552. The monoisotopic (exact) mass is 357 g/mol. The third-order valence-corrected chi connectivity index (χ3v) is 4.15. The largest absolute Gasteiger partial charge is 0.494 e. The van der Waals surface area contributed by atoms with Crippen LogP contribution in [0.3, 0.4) is 0 Å². The van der Waals surface area contributed by atoms with Crippen molar-refractivity contribution in [3.05, 3.63) is 36.0 Å². The molecular weight excluding hydrogens is 330 g/mol. The summed E-state index contributed by atoms with van der Waals surface area (Å²) in [6, 6.07) is 9.46. The van der Waals surface area contributed by atoms with E-state index in [0.29, 0.717) is 26.3 Å². The summed E-state index contributed by atoms with van der Waals surface area (Å²) in [4.78, 5) is 14.0. The maximum absolute atomic E-state index is 12.3. The summed E-state index contributed by atoms with van der Waals surface area (Å²) >= 11 is 0. The second kappa shape index (κ2) is 11.2. The van der Waals surface area contributed by atoms with Gasteiger partial charge in [-0.1, -0.05) is 26.2 Å². The van der Waals surface area contributed by atoms with E-state index in [2.05, 4.69) is 12.2 Å². The smallest absolute Gasteiger partial charge is 0.266 e. The lowest BCUT2D eigenvalue weighted by atomic mass is 10.2. The van der Waals surface area contributed by atoms with Gasteiger partial charge in [-0.25, -0.2) is 0 Å².